The Morgan fingerprint density at radius 1 is 1.03 bits per heavy atom. The number of benzene rings is 1. The highest BCUT2D eigenvalue weighted by atomic mass is 16.5. The van der Waals surface area contributed by atoms with E-state index in [1.165, 1.54) is 11.1 Å². The van der Waals surface area contributed by atoms with Crippen molar-refractivity contribution in [1.82, 2.24) is 19.9 Å². The summed E-state index contributed by atoms with van der Waals surface area (Å²) in [5, 5.41) is 3.27. The molecular formula is C24H29N5O. The summed E-state index contributed by atoms with van der Waals surface area (Å²) in [6.45, 7) is 7.08. The van der Waals surface area contributed by atoms with Crippen molar-refractivity contribution in [3.63, 3.8) is 0 Å². The van der Waals surface area contributed by atoms with Crippen molar-refractivity contribution in [3.8, 4) is 5.75 Å². The van der Waals surface area contributed by atoms with Crippen LogP contribution >= 0.6 is 0 Å². The molecule has 0 bridgehead atoms. The third-order valence-electron chi connectivity index (χ3n) is 5.64. The maximum atomic E-state index is 5.57. The Balaban J connectivity index is 1.37. The molecule has 3 aromatic rings. The van der Waals surface area contributed by atoms with Crippen LogP contribution < -0.4 is 10.1 Å². The van der Waals surface area contributed by atoms with E-state index in [4.69, 9.17) is 9.72 Å². The van der Waals surface area contributed by atoms with Crippen molar-refractivity contribution in [3.05, 3.63) is 71.3 Å². The molecule has 1 aliphatic heterocycles. The van der Waals surface area contributed by atoms with Gasteiger partial charge in [0.25, 0.3) is 0 Å². The van der Waals surface area contributed by atoms with Crippen molar-refractivity contribution in [2.45, 2.75) is 39.2 Å². The monoisotopic (exact) mass is 403 g/mol. The molecule has 6 nitrogen and oxygen atoms in total. The Hall–Kier alpha value is -2.99. The summed E-state index contributed by atoms with van der Waals surface area (Å²) in [6, 6.07) is 12.4. The highest BCUT2D eigenvalue weighted by Crippen LogP contribution is 2.29. The fourth-order valence-corrected chi connectivity index (χ4v) is 3.99. The lowest BCUT2D eigenvalue weighted by molar-refractivity contribution is 0.201. The van der Waals surface area contributed by atoms with E-state index in [1.54, 1.807) is 13.3 Å². The first-order valence-corrected chi connectivity index (χ1v) is 10.5. The van der Waals surface area contributed by atoms with Gasteiger partial charge in [0.2, 0.25) is 0 Å². The summed E-state index contributed by atoms with van der Waals surface area (Å²) in [7, 11) is 1.75. The number of anilines is 2. The average molecular weight is 404 g/mol. The standard InChI is InChI=1S/C24H29N5O/c1-17-7-8-20(22(13-17)30-3)16-29-11-9-19(10-12-29)21-14-25-15-24(27-21)28-23-6-4-5-18(2)26-23/h4-8,13-15,19H,9-12,16H2,1-3H3,(H,26,27,28). The van der Waals surface area contributed by atoms with Crippen LogP contribution in [0.15, 0.2) is 48.8 Å². The largest absolute Gasteiger partial charge is 0.496 e. The lowest BCUT2D eigenvalue weighted by Crippen LogP contribution is -2.32. The molecule has 0 spiro atoms. The molecule has 30 heavy (non-hydrogen) atoms. The number of ether oxygens (including phenoxy) is 1. The van der Waals surface area contributed by atoms with Gasteiger partial charge in [0, 0.05) is 29.9 Å². The van der Waals surface area contributed by atoms with Gasteiger partial charge >= 0.3 is 0 Å². The molecule has 0 saturated carbocycles. The first-order valence-electron chi connectivity index (χ1n) is 10.5. The van der Waals surface area contributed by atoms with Gasteiger partial charge in [-0.15, -0.1) is 0 Å². The minimum absolute atomic E-state index is 0.431. The smallest absolute Gasteiger partial charge is 0.150 e. The first kappa shape index (κ1) is 20.3. The van der Waals surface area contributed by atoms with Gasteiger partial charge < -0.3 is 10.1 Å². The van der Waals surface area contributed by atoms with Crippen LogP contribution in [0.4, 0.5) is 11.6 Å². The number of nitrogens with zero attached hydrogens (tertiary/aromatic N) is 4. The molecule has 156 valence electrons. The molecule has 0 unspecified atom stereocenters. The molecule has 4 rings (SSSR count). The number of hydrogen-bond acceptors (Lipinski definition) is 6. The van der Waals surface area contributed by atoms with E-state index in [1.807, 2.05) is 31.3 Å². The molecule has 2 aromatic heterocycles. The maximum absolute atomic E-state index is 5.57. The zero-order valence-corrected chi connectivity index (χ0v) is 17.9. The number of piperidine rings is 1. The van der Waals surface area contributed by atoms with Crippen molar-refractivity contribution >= 4 is 11.6 Å². The lowest BCUT2D eigenvalue weighted by atomic mass is 9.93. The van der Waals surface area contributed by atoms with Crippen LogP contribution in [0.25, 0.3) is 0 Å². The Morgan fingerprint density at radius 3 is 2.63 bits per heavy atom. The van der Waals surface area contributed by atoms with Crippen molar-refractivity contribution < 1.29 is 4.74 Å². The first-order chi connectivity index (χ1) is 14.6. The van der Waals surface area contributed by atoms with E-state index in [2.05, 4.69) is 45.3 Å². The zero-order valence-electron chi connectivity index (χ0n) is 17.9. The number of pyridine rings is 1. The predicted molar refractivity (Wildman–Crippen MR) is 119 cm³/mol. The molecule has 0 amide bonds. The van der Waals surface area contributed by atoms with Crippen molar-refractivity contribution in [1.29, 1.82) is 0 Å². The van der Waals surface area contributed by atoms with Crippen molar-refractivity contribution in [2.24, 2.45) is 0 Å². The number of nitrogens with one attached hydrogen (secondary N) is 1. The third kappa shape index (κ3) is 4.94. The second kappa shape index (κ2) is 9.22. The fourth-order valence-electron chi connectivity index (χ4n) is 3.99. The van der Waals surface area contributed by atoms with Gasteiger partial charge in [-0.05, 0) is 63.5 Å². The van der Waals surface area contributed by atoms with Crippen LogP contribution in [-0.2, 0) is 6.54 Å². The average Bonchev–Trinajstić information content (AvgIpc) is 2.76. The van der Waals surface area contributed by atoms with E-state index in [9.17, 15) is 0 Å². The summed E-state index contributed by atoms with van der Waals surface area (Å²) in [4.78, 5) is 16.2. The summed E-state index contributed by atoms with van der Waals surface area (Å²) < 4.78 is 5.57. The van der Waals surface area contributed by atoms with Crippen LogP contribution in [0.5, 0.6) is 5.75 Å². The highest BCUT2D eigenvalue weighted by Gasteiger charge is 2.23. The number of aryl methyl sites for hydroxylation is 2. The zero-order chi connectivity index (χ0) is 20.9. The van der Waals surface area contributed by atoms with Crippen LogP contribution in [0.1, 0.15) is 41.3 Å². The number of hydrogen-bond donors (Lipinski definition) is 1. The molecule has 0 atom stereocenters. The molecular weight excluding hydrogens is 374 g/mol. The van der Waals surface area contributed by atoms with E-state index < -0.39 is 0 Å². The predicted octanol–water partition coefficient (Wildman–Crippen LogP) is 4.62. The molecule has 0 aliphatic carbocycles. The van der Waals surface area contributed by atoms with Gasteiger partial charge in [-0.2, -0.15) is 0 Å². The second-order valence-electron chi connectivity index (χ2n) is 7.98. The molecule has 3 heterocycles. The molecule has 1 saturated heterocycles. The Morgan fingerprint density at radius 2 is 1.87 bits per heavy atom. The molecule has 0 radical (unpaired) electrons. The van der Waals surface area contributed by atoms with E-state index >= 15 is 0 Å². The number of aromatic nitrogens is 3. The quantitative estimate of drug-likeness (QED) is 0.648. The van der Waals surface area contributed by atoms with Crippen LogP contribution in [-0.4, -0.2) is 40.1 Å². The summed E-state index contributed by atoms with van der Waals surface area (Å²) in [5.74, 6) is 2.95. The van der Waals surface area contributed by atoms with E-state index in [-0.39, 0.29) is 0 Å². The van der Waals surface area contributed by atoms with E-state index in [0.717, 1.165) is 61.2 Å². The van der Waals surface area contributed by atoms with Gasteiger partial charge in [0.1, 0.15) is 17.4 Å². The summed E-state index contributed by atoms with van der Waals surface area (Å²) in [6.07, 6.45) is 5.81. The van der Waals surface area contributed by atoms with Crippen LogP contribution in [0.3, 0.4) is 0 Å². The SMILES string of the molecule is COc1cc(C)ccc1CN1CCC(c2cncc(Nc3cccc(C)n3)n2)CC1. The Kier molecular flexibility index (Phi) is 6.23. The molecule has 1 fully saturated rings. The number of rotatable bonds is 6. The maximum Gasteiger partial charge on any atom is 0.150 e. The van der Waals surface area contributed by atoms with Gasteiger partial charge in [0.15, 0.2) is 0 Å². The lowest BCUT2D eigenvalue weighted by Gasteiger charge is -2.32. The second-order valence-corrected chi connectivity index (χ2v) is 7.98. The number of methoxy groups -OCH3 is 1. The molecule has 1 N–H and O–H groups in total. The number of likely N-dealkylation sites (tertiary alicyclic amines) is 1. The topological polar surface area (TPSA) is 63.2 Å². The highest BCUT2D eigenvalue weighted by molar-refractivity contribution is 5.50. The molecule has 1 aliphatic rings. The van der Waals surface area contributed by atoms with Crippen LogP contribution in [0, 0.1) is 13.8 Å². The fraction of sp³-hybridized carbons (Fsp3) is 0.375. The Bertz CT molecular complexity index is 998. The van der Waals surface area contributed by atoms with Gasteiger partial charge in [-0.3, -0.25) is 9.88 Å². The minimum atomic E-state index is 0.431. The minimum Gasteiger partial charge on any atom is -0.496 e. The van der Waals surface area contributed by atoms with Crippen LogP contribution in [0.2, 0.25) is 0 Å². The molecule has 6 heteroatoms. The van der Waals surface area contributed by atoms with E-state index in [0.29, 0.717) is 5.92 Å². The summed E-state index contributed by atoms with van der Waals surface area (Å²) >= 11 is 0. The van der Waals surface area contributed by atoms with Crippen molar-refractivity contribution in [2.75, 3.05) is 25.5 Å². The van der Waals surface area contributed by atoms with Gasteiger partial charge in [-0.25, -0.2) is 9.97 Å². The Labute approximate surface area is 178 Å². The molecule has 1 aromatic carbocycles. The summed E-state index contributed by atoms with van der Waals surface area (Å²) in [5.41, 5.74) is 4.50. The van der Waals surface area contributed by atoms with Gasteiger partial charge in [0.05, 0.1) is 19.0 Å². The van der Waals surface area contributed by atoms with Gasteiger partial charge in [-0.1, -0.05) is 18.2 Å². The normalized spacial score (nSPS) is 15.2. The third-order valence-corrected chi connectivity index (χ3v) is 5.64.